The number of hydrogen-bond donors (Lipinski definition) is 0. The smallest absolute Gasteiger partial charge is 0.406 e. The summed E-state index contributed by atoms with van der Waals surface area (Å²) in [5.41, 5.74) is 3.78. The molecule has 128 valence electrons. The van der Waals surface area contributed by atoms with E-state index in [1.54, 1.807) is 11.0 Å². The topological polar surface area (TPSA) is 29.5 Å². The van der Waals surface area contributed by atoms with Crippen LogP contribution in [0.25, 0.3) is 0 Å². The van der Waals surface area contributed by atoms with E-state index >= 15 is 0 Å². The van der Waals surface area contributed by atoms with E-state index in [9.17, 15) is 18.0 Å². The van der Waals surface area contributed by atoms with E-state index in [1.807, 2.05) is 13.0 Å². The van der Waals surface area contributed by atoms with Crippen LogP contribution < -0.4 is 4.74 Å². The molecule has 2 aromatic carbocycles. The third-order valence-corrected chi connectivity index (χ3v) is 3.98. The van der Waals surface area contributed by atoms with E-state index < -0.39 is 6.36 Å². The lowest BCUT2D eigenvalue weighted by atomic mass is 10.0. The second-order valence-electron chi connectivity index (χ2n) is 5.82. The molecule has 0 aromatic heterocycles. The third kappa shape index (κ3) is 3.61. The lowest BCUT2D eigenvalue weighted by Crippen LogP contribution is -2.23. The maximum atomic E-state index is 12.6. The van der Waals surface area contributed by atoms with Gasteiger partial charge >= 0.3 is 6.36 Å². The second-order valence-corrected chi connectivity index (χ2v) is 5.82. The molecule has 0 fully saturated rings. The molecule has 0 saturated heterocycles. The van der Waals surface area contributed by atoms with Gasteiger partial charge < -0.3 is 9.64 Å². The first kappa shape index (κ1) is 16.9. The number of rotatable bonds is 3. The van der Waals surface area contributed by atoms with Crippen molar-refractivity contribution in [2.45, 2.75) is 26.4 Å². The molecule has 0 radical (unpaired) electrons. The highest BCUT2D eigenvalue weighted by Crippen LogP contribution is 2.29. The van der Waals surface area contributed by atoms with E-state index in [0.29, 0.717) is 24.2 Å². The number of aryl methyl sites for hydroxylation is 1. The van der Waals surface area contributed by atoms with Crippen molar-refractivity contribution in [3.05, 3.63) is 64.2 Å². The van der Waals surface area contributed by atoms with Gasteiger partial charge in [-0.15, -0.1) is 19.6 Å². The van der Waals surface area contributed by atoms with E-state index in [4.69, 9.17) is 6.42 Å². The minimum absolute atomic E-state index is 0.105. The van der Waals surface area contributed by atoms with Crippen LogP contribution in [0.3, 0.4) is 0 Å². The summed E-state index contributed by atoms with van der Waals surface area (Å²) in [6.07, 6.45) is 0.701. The maximum absolute atomic E-state index is 12.6. The SMILES string of the molecule is C#Cc1cc(C)c2c(c1)CN(Cc1ccc(OC(F)(F)F)cc1)C2=O. The maximum Gasteiger partial charge on any atom is 0.573 e. The first-order chi connectivity index (χ1) is 11.8. The number of halogens is 3. The Morgan fingerprint density at radius 3 is 2.52 bits per heavy atom. The Kier molecular flexibility index (Phi) is 4.17. The van der Waals surface area contributed by atoms with Crippen molar-refractivity contribution in [2.75, 3.05) is 0 Å². The highest BCUT2D eigenvalue weighted by molar-refractivity contribution is 5.99. The van der Waals surface area contributed by atoms with Crippen molar-refractivity contribution in [3.8, 4) is 18.1 Å². The normalized spacial score (nSPS) is 13.6. The molecule has 25 heavy (non-hydrogen) atoms. The van der Waals surface area contributed by atoms with Crippen molar-refractivity contribution in [3.63, 3.8) is 0 Å². The molecule has 0 aliphatic carbocycles. The summed E-state index contributed by atoms with van der Waals surface area (Å²) in [6.45, 7) is 2.56. The van der Waals surface area contributed by atoms with Gasteiger partial charge in [0.25, 0.3) is 5.91 Å². The van der Waals surface area contributed by atoms with E-state index in [1.165, 1.54) is 24.3 Å². The summed E-state index contributed by atoms with van der Waals surface area (Å²) in [7, 11) is 0. The predicted molar refractivity (Wildman–Crippen MR) is 85.8 cm³/mol. The Morgan fingerprint density at radius 2 is 1.92 bits per heavy atom. The van der Waals surface area contributed by atoms with Gasteiger partial charge in [0.05, 0.1) is 0 Å². The minimum Gasteiger partial charge on any atom is -0.406 e. The number of carbonyl (C=O) groups excluding carboxylic acids is 1. The molecule has 0 atom stereocenters. The van der Waals surface area contributed by atoms with Gasteiger partial charge in [-0.3, -0.25) is 4.79 Å². The lowest BCUT2D eigenvalue weighted by Gasteiger charge is -2.16. The summed E-state index contributed by atoms with van der Waals surface area (Å²) in [6, 6.07) is 9.11. The standard InChI is InChI=1S/C19H14F3NO2/c1-3-13-8-12(2)17-15(9-13)11-23(18(17)24)10-14-4-6-16(7-5-14)25-19(20,21)22/h1,4-9H,10-11H2,2H3. The largest absolute Gasteiger partial charge is 0.573 e. The zero-order valence-corrected chi connectivity index (χ0v) is 13.4. The number of ether oxygens (including phenoxy) is 1. The Bertz CT molecular complexity index is 864. The van der Waals surface area contributed by atoms with Gasteiger partial charge in [-0.25, -0.2) is 0 Å². The van der Waals surface area contributed by atoms with Gasteiger partial charge in [-0.2, -0.15) is 0 Å². The number of terminal acetylenes is 1. The highest BCUT2D eigenvalue weighted by Gasteiger charge is 2.31. The Balaban J connectivity index is 1.76. The summed E-state index contributed by atoms with van der Waals surface area (Å²) in [5, 5.41) is 0. The molecule has 0 unspecified atom stereocenters. The molecule has 0 spiro atoms. The predicted octanol–water partition coefficient (Wildman–Crippen LogP) is 4.03. The monoisotopic (exact) mass is 345 g/mol. The van der Waals surface area contributed by atoms with Crippen LogP contribution >= 0.6 is 0 Å². The number of benzene rings is 2. The zero-order chi connectivity index (χ0) is 18.2. The highest BCUT2D eigenvalue weighted by atomic mass is 19.4. The van der Waals surface area contributed by atoms with Crippen LogP contribution in [-0.2, 0) is 13.1 Å². The lowest BCUT2D eigenvalue weighted by molar-refractivity contribution is -0.274. The van der Waals surface area contributed by atoms with Gasteiger partial charge in [0.2, 0.25) is 0 Å². The van der Waals surface area contributed by atoms with Crippen LogP contribution in [-0.4, -0.2) is 17.2 Å². The van der Waals surface area contributed by atoms with Crippen LogP contribution in [0.2, 0.25) is 0 Å². The summed E-state index contributed by atoms with van der Waals surface area (Å²) < 4.78 is 40.4. The van der Waals surface area contributed by atoms with Gasteiger partial charge in [0, 0.05) is 24.2 Å². The molecular weight excluding hydrogens is 331 g/mol. The molecule has 0 N–H and O–H groups in total. The number of amides is 1. The first-order valence-corrected chi connectivity index (χ1v) is 7.51. The third-order valence-electron chi connectivity index (χ3n) is 3.98. The molecule has 6 heteroatoms. The fraction of sp³-hybridized carbons (Fsp3) is 0.211. The molecule has 2 aromatic rings. The molecule has 3 rings (SSSR count). The average molecular weight is 345 g/mol. The van der Waals surface area contributed by atoms with Gasteiger partial charge in [0.15, 0.2) is 0 Å². The molecule has 1 amide bonds. The fourth-order valence-electron chi connectivity index (χ4n) is 2.95. The number of fused-ring (bicyclic) bond motifs is 1. The van der Waals surface area contributed by atoms with Crippen LogP contribution in [0.1, 0.15) is 32.6 Å². The summed E-state index contributed by atoms with van der Waals surface area (Å²) in [4.78, 5) is 14.2. The van der Waals surface area contributed by atoms with Crippen molar-refractivity contribution in [1.82, 2.24) is 4.90 Å². The zero-order valence-electron chi connectivity index (χ0n) is 13.4. The fourth-order valence-corrected chi connectivity index (χ4v) is 2.95. The van der Waals surface area contributed by atoms with Gasteiger partial charge in [-0.05, 0) is 47.9 Å². The van der Waals surface area contributed by atoms with Crippen LogP contribution in [0.4, 0.5) is 13.2 Å². The molecule has 0 saturated carbocycles. The van der Waals surface area contributed by atoms with E-state index in [0.717, 1.165) is 16.7 Å². The number of nitrogens with zero attached hydrogens (tertiary/aromatic N) is 1. The van der Waals surface area contributed by atoms with Crippen molar-refractivity contribution in [2.24, 2.45) is 0 Å². The van der Waals surface area contributed by atoms with Gasteiger partial charge in [-0.1, -0.05) is 18.1 Å². The number of carbonyl (C=O) groups is 1. The minimum atomic E-state index is -4.72. The molecular formula is C19H14F3NO2. The Hall–Kier alpha value is -2.94. The van der Waals surface area contributed by atoms with Crippen molar-refractivity contribution in [1.29, 1.82) is 0 Å². The van der Waals surface area contributed by atoms with Crippen molar-refractivity contribution < 1.29 is 22.7 Å². The molecule has 3 nitrogen and oxygen atoms in total. The van der Waals surface area contributed by atoms with E-state index in [2.05, 4.69) is 10.7 Å². The first-order valence-electron chi connectivity index (χ1n) is 7.51. The van der Waals surface area contributed by atoms with Crippen LogP contribution in [0.15, 0.2) is 36.4 Å². The average Bonchev–Trinajstić information content (AvgIpc) is 2.84. The molecule has 0 bridgehead atoms. The van der Waals surface area contributed by atoms with Crippen LogP contribution in [0.5, 0.6) is 5.75 Å². The summed E-state index contributed by atoms with van der Waals surface area (Å²) >= 11 is 0. The quantitative estimate of drug-likeness (QED) is 0.786. The second kappa shape index (κ2) is 6.17. The van der Waals surface area contributed by atoms with Gasteiger partial charge in [0.1, 0.15) is 5.75 Å². The van der Waals surface area contributed by atoms with Crippen LogP contribution in [0, 0.1) is 19.3 Å². The summed E-state index contributed by atoms with van der Waals surface area (Å²) in [5.74, 6) is 2.17. The molecule has 1 heterocycles. The molecule has 1 aliphatic rings. The number of alkyl halides is 3. The Morgan fingerprint density at radius 1 is 1.24 bits per heavy atom. The van der Waals surface area contributed by atoms with Crippen molar-refractivity contribution >= 4 is 5.91 Å². The molecule has 1 aliphatic heterocycles. The Labute approximate surface area is 143 Å². The number of hydrogen-bond acceptors (Lipinski definition) is 2. The van der Waals surface area contributed by atoms with E-state index in [-0.39, 0.29) is 11.7 Å².